The van der Waals surface area contributed by atoms with E-state index in [1.54, 1.807) is 18.3 Å². The lowest BCUT2D eigenvalue weighted by atomic mass is 10.1. The molecule has 5 rings (SSSR count). The van der Waals surface area contributed by atoms with Gasteiger partial charge in [0.05, 0.1) is 18.5 Å². The Morgan fingerprint density at radius 2 is 1.59 bits per heavy atom. The quantitative estimate of drug-likeness (QED) is 0.179. The molecule has 2 aromatic heterocycles. The third kappa shape index (κ3) is 5.83. The molecule has 0 aliphatic heterocycles. The Hall–Kier alpha value is -4.91. The highest BCUT2D eigenvalue weighted by molar-refractivity contribution is 5.95. The van der Waals surface area contributed by atoms with Crippen molar-refractivity contribution in [1.29, 1.82) is 0 Å². The van der Waals surface area contributed by atoms with Crippen molar-refractivity contribution in [3.8, 4) is 28.4 Å². The first-order chi connectivity index (χ1) is 19.0. The Balaban J connectivity index is 1.36. The van der Waals surface area contributed by atoms with Crippen molar-refractivity contribution in [2.75, 3.05) is 6.61 Å². The van der Waals surface area contributed by atoms with E-state index in [1.165, 1.54) is 0 Å². The third-order valence-corrected chi connectivity index (χ3v) is 6.39. The van der Waals surface area contributed by atoms with Crippen LogP contribution >= 0.6 is 0 Å². The Kier molecular flexibility index (Phi) is 7.68. The van der Waals surface area contributed by atoms with Crippen LogP contribution in [0.5, 0.6) is 5.75 Å². The molecular weight excluding hydrogens is 486 g/mol. The van der Waals surface area contributed by atoms with Gasteiger partial charge in [0.1, 0.15) is 11.4 Å². The maximum absolute atomic E-state index is 12.8. The van der Waals surface area contributed by atoms with Gasteiger partial charge in [-0.15, -0.1) is 0 Å². The molecular formula is C32H31N5O2. The van der Waals surface area contributed by atoms with Crippen LogP contribution in [0.4, 0.5) is 0 Å². The van der Waals surface area contributed by atoms with Crippen molar-refractivity contribution in [1.82, 2.24) is 19.8 Å². The lowest BCUT2D eigenvalue weighted by molar-refractivity contribution is 0.0955. The average molecular weight is 518 g/mol. The monoisotopic (exact) mass is 517 g/mol. The molecule has 196 valence electrons. The van der Waals surface area contributed by atoms with Crippen molar-refractivity contribution >= 4 is 12.1 Å². The fourth-order valence-electron chi connectivity index (χ4n) is 4.41. The van der Waals surface area contributed by atoms with Gasteiger partial charge >= 0.3 is 0 Å². The van der Waals surface area contributed by atoms with Crippen molar-refractivity contribution in [3.05, 3.63) is 120 Å². The lowest BCUT2D eigenvalue weighted by Crippen LogP contribution is -2.17. The van der Waals surface area contributed by atoms with E-state index in [9.17, 15) is 4.79 Å². The number of hydrogen-bond acceptors (Lipinski definition) is 4. The fourth-order valence-corrected chi connectivity index (χ4v) is 4.41. The van der Waals surface area contributed by atoms with Gasteiger partial charge in [0, 0.05) is 40.0 Å². The standard InChI is InChI=1S/C32H31N5O2/c1-4-20-39-30-18-14-25(15-19-30)31-27(22-36(35-31)28-8-6-5-7-9-28)21-33-34-32(38)26-12-16-29(17-13-26)37-23(2)10-11-24(37)3/h5-19,21-22H,4,20H2,1-3H3,(H,34,38)/b33-21-. The Bertz CT molecular complexity index is 1560. The highest BCUT2D eigenvalue weighted by Crippen LogP contribution is 2.25. The van der Waals surface area contributed by atoms with Gasteiger partial charge in [-0.1, -0.05) is 25.1 Å². The molecule has 39 heavy (non-hydrogen) atoms. The lowest BCUT2D eigenvalue weighted by Gasteiger charge is -2.10. The molecule has 0 saturated heterocycles. The predicted octanol–water partition coefficient (Wildman–Crippen LogP) is 6.50. The number of hydrazone groups is 1. The summed E-state index contributed by atoms with van der Waals surface area (Å²) in [5.74, 6) is 0.534. The van der Waals surface area contributed by atoms with Crippen LogP contribution in [0.15, 0.2) is 102 Å². The van der Waals surface area contributed by atoms with Gasteiger partial charge in [-0.05, 0) is 93.1 Å². The minimum absolute atomic E-state index is 0.284. The second-order valence-electron chi connectivity index (χ2n) is 9.28. The number of amides is 1. The van der Waals surface area contributed by atoms with Crippen LogP contribution in [0.2, 0.25) is 0 Å². The molecule has 0 bridgehead atoms. The SMILES string of the molecule is CCCOc1ccc(-c2nn(-c3ccccc3)cc2/C=N\NC(=O)c2ccc(-n3c(C)ccc3C)cc2)cc1. The molecule has 0 unspecified atom stereocenters. The Morgan fingerprint density at radius 3 is 2.26 bits per heavy atom. The predicted molar refractivity (Wildman–Crippen MR) is 155 cm³/mol. The minimum atomic E-state index is -0.284. The number of nitrogens with zero attached hydrogens (tertiary/aromatic N) is 4. The molecule has 7 heteroatoms. The topological polar surface area (TPSA) is 73.4 Å². The molecule has 3 aromatic carbocycles. The van der Waals surface area contributed by atoms with Crippen molar-refractivity contribution in [2.45, 2.75) is 27.2 Å². The van der Waals surface area contributed by atoms with E-state index in [2.05, 4.69) is 48.0 Å². The van der Waals surface area contributed by atoms with Crippen molar-refractivity contribution in [2.24, 2.45) is 5.10 Å². The van der Waals surface area contributed by atoms with Crippen LogP contribution in [0.1, 0.15) is 40.7 Å². The van der Waals surface area contributed by atoms with Crippen molar-refractivity contribution < 1.29 is 9.53 Å². The summed E-state index contributed by atoms with van der Waals surface area (Å²) < 4.78 is 9.68. The molecule has 2 heterocycles. The molecule has 1 N–H and O–H groups in total. The van der Waals surface area contributed by atoms with Gasteiger partial charge in [-0.2, -0.15) is 10.2 Å². The molecule has 0 saturated carbocycles. The number of nitrogens with one attached hydrogen (secondary N) is 1. The van der Waals surface area contributed by atoms with E-state index in [0.29, 0.717) is 12.2 Å². The first-order valence-corrected chi connectivity index (χ1v) is 13.0. The number of ether oxygens (including phenoxy) is 1. The molecule has 7 nitrogen and oxygen atoms in total. The number of para-hydroxylation sites is 1. The smallest absolute Gasteiger partial charge is 0.271 e. The minimum Gasteiger partial charge on any atom is -0.494 e. The summed E-state index contributed by atoms with van der Waals surface area (Å²) in [6.45, 7) is 6.87. The summed E-state index contributed by atoms with van der Waals surface area (Å²) in [6, 6.07) is 29.4. The van der Waals surface area contributed by atoms with Crippen LogP contribution in [0, 0.1) is 13.8 Å². The molecule has 5 aromatic rings. The van der Waals surface area contributed by atoms with Crippen LogP contribution in [0.3, 0.4) is 0 Å². The number of aryl methyl sites for hydroxylation is 2. The van der Waals surface area contributed by atoms with E-state index < -0.39 is 0 Å². The molecule has 0 aliphatic carbocycles. The largest absolute Gasteiger partial charge is 0.494 e. The maximum Gasteiger partial charge on any atom is 0.271 e. The first kappa shape index (κ1) is 25.7. The van der Waals surface area contributed by atoms with Gasteiger partial charge in [0.2, 0.25) is 0 Å². The van der Waals surface area contributed by atoms with Crippen molar-refractivity contribution in [3.63, 3.8) is 0 Å². The van der Waals surface area contributed by atoms with E-state index in [4.69, 9.17) is 9.84 Å². The number of carbonyl (C=O) groups excluding carboxylic acids is 1. The Morgan fingerprint density at radius 1 is 0.897 bits per heavy atom. The summed E-state index contributed by atoms with van der Waals surface area (Å²) in [4.78, 5) is 12.8. The average Bonchev–Trinajstić information content (AvgIpc) is 3.55. The summed E-state index contributed by atoms with van der Waals surface area (Å²) in [5.41, 5.74) is 9.86. The molecule has 0 atom stereocenters. The Labute approximate surface area is 228 Å². The van der Waals surface area contributed by atoms with Gasteiger partial charge in [0.25, 0.3) is 5.91 Å². The zero-order valence-corrected chi connectivity index (χ0v) is 22.3. The summed E-state index contributed by atoms with van der Waals surface area (Å²) >= 11 is 0. The molecule has 0 spiro atoms. The fraction of sp³-hybridized carbons (Fsp3) is 0.156. The van der Waals surface area contributed by atoms with Crippen LogP contribution < -0.4 is 10.2 Å². The van der Waals surface area contributed by atoms with E-state index in [1.807, 2.05) is 77.6 Å². The maximum atomic E-state index is 12.8. The molecule has 0 aliphatic rings. The second-order valence-corrected chi connectivity index (χ2v) is 9.28. The summed E-state index contributed by atoms with van der Waals surface area (Å²) in [7, 11) is 0. The molecule has 0 fully saturated rings. The van der Waals surface area contributed by atoms with Crippen LogP contribution in [-0.4, -0.2) is 33.1 Å². The molecule has 1 amide bonds. The van der Waals surface area contributed by atoms with E-state index >= 15 is 0 Å². The molecule has 0 radical (unpaired) electrons. The summed E-state index contributed by atoms with van der Waals surface area (Å²) in [6.07, 6.45) is 4.48. The normalized spacial score (nSPS) is 11.2. The number of aromatic nitrogens is 3. The highest BCUT2D eigenvalue weighted by Gasteiger charge is 2.12. The number of rotatable bonds is 9. The van der Waals surface area contributed by atoms with Gasteiger partial charge in [0.15, 0.2) is 0 Å². The van der Waals surface area contributed by atoms with Gasteiger partial charge in [-0.3, -0.25) is 4.79 Å². The van der Waals surface area contributed by atoms with Crippen LogP contribution in [0.25, 0.3) is 22.6 Å². The van der Waals surface area contributed by atoms with E-state index in [0.717, 1.165) is 51.8 Å². The first-order valence-electron chi connectivity index (χ1n) is 13.0. The number of hydrogen-bond donors (Lipinski definition) is 1. The number of carbonyl (C=O) groups is 1. The summed E-state index contributed by atoms with van der Waals surface area (Å²) in [5, 5.41) is 9.08. The van der Waals surface area contributed by atoms with E-state index in [-0.39, 0.29) is 5.91 Å². The third-order valence-electron chi connectivity index (χ3n) is 6.39. The van der Waals surface area contributed by atoms with Gasteiger partial charge in [-0.25, -0.2) is 10.1 Å². The zero-order valence-electron chi connectivity index (χ0n) is 22.3. The second kappa shape index (κ2) is 11.6. The highest BCUT2D eigenvalue weighted by atomic mass is 16.5. The zero-order chi connectivity index (χ0) is 27.2. The number of benzene rings is 3. The van der Waals surface area contributed by atoms with Crippen LogP contribution in [-0.2, 0) is 0 Å². The van der Waals surface area contributed by atoms with Gasteiger partial charge < -0.3 is 9.30 Å².